The Morgan fingerprint density at radius 2 is 1.96 bits per heavy atom. The van der Waals surface area contributed by atoms with Gasteiger partial charge in [0.25, 0.3) is 11.2 Å². The van der Waals surface area contributed by atoms with Gasteiger partial charge in [-0.3, -0.25) is 19.5 Å². The Balaban J connectivity index is 1.86. The first-order valence-electron chi connectivity index (χ1n) is 8.31. The molecule has 0 saturated carbocycles. The SMILES string of the molecule is CCOC(=O)c1cnn2c1ncc1c(=O)n(-c3ccc([N+](=O)[O-])cc3)ccc12. The maximum Gasteiger partial charge on any atom is 0.343 e. The summed E-state index contributed by atoms with van der Waals surface area (Å²) in [5.74, 6) is -0.538. The van der Waals surface area contributed by atoms with Gasteiger partial charge in [0.2, 0.25) is 0 Å². The van der Waals surface area contributed by atoms with Crippen LogP contribution >= 0.6 is 0 Å². The van der Waals surface area contributed by atoms with Crippen molar-refractivity contribution < 1.29 is 14.5 Å². The van der Waals surface area contributed by atoms with Crippen LogP contribution < -0.4 is 5.56 Å². The van der Waals surface area contributed by atoms with Crippen LogP contribution in [-0.2, 0) is 4.74 Å². The van der Waals surface area contributed by atoms with E-state index in [1.807, 2.05) is 0 Å². The van der Waals surface area contributed by atoms with Gasteiger partial charge in [-0.2, -0.15) is 5.10 Å². The third kappa shape index (κ3) is 2.67. The van der Waals surface area contributed by atoms with Gasteiger partial charge in [-0.1, -0.05) is 0 Å². The Morgan fingerprint density at radius 1 is 1.21 bits per heavy atom. The number of esters is 1. The third-order valence-electron chi connectivity index (χ3n) is 4.23. The number of ether oxygens (including phenoxy) is 1. The normalized spacial score (nSPS) is 11.0. The van der Waals surface area contributed by atoms with Crippen molar-refractivity contribution in [1.29, 1.82) is 0 Å². The van der Waals surface area contributed by atoms with E-state index in [0.29, 0.717) is 16.9 Å². The van der Waals surface area contributed by atoms with E-state index in [9.17, 15) is 19.7 Å². The highest BCUT2D eigenvalue weighted by Crippen LogP contribution is 2.18. The lowest BCUT2D eigenvalue weighted by molar-refractivity contribution is -0.384. The molecule has 3 heterocycles. The molecule has 3 aromatic heterocycles. The van der Waals surface area contributed by atoms with Crippen molar-refractivity contribution >= 4 is 28.2 Å². The number of non-ortho nitro benzene ring substituents is 1. The van der Waals surface area contributed by atoms with E-state index in [2.05, 4.69) is 10.1 Å². The van der Waals surface area contributed by atoms with Crippen molar-refractivity contribution in [3.8, 4) is 5.69 Å². The van der Waals surface area contributed by atoms with Crippen LogP contribution in [-0.4, -0.2) is 36.7 Å². The third-order valence-corrected chi connectivity index (χ3v) is 4.23. The number of fused-ring (bicyclic) bond motifs is 3. The van der Waals surface area contributed by atoms with Crippen molar-refractivity contribution in [2.24, 2.45) is 0 Å². The summed E-state index contributed by atoms with van der Waals surface area (Å²) in [6, 6.07) is 7.29. The van der Waals surface area contributed by atoms with Crippen LogP contribution in [0, 0.1) is 10.1 Å². The van der Waals surface area contributed by atoms with E-state index in [1.165, 1.54) is 51.9 Å². The van der Waals surface area contributed by atoms with Crippen LogP contribution in [0.1, 0.15) is 17.3 Å². The van der Waals surface area contributed by atoms with Gasteiger partial charge >= 0.3 is 5.97 Å². The Hall–Kier alpha value is -4.08. The minimum absolute atomic E-state index is 0.0657. The molecule has 0 unspecified atom stereocenters. The van der Waals surface area contributed by atoms with Crippen molar-refractivity contribution in [2.75, 3.05) is 6.61 Å². The molecule has 0 aliphatic carbocycles. The molecule has 1 aromatic carbocycles. The maximum absolute atomic E-state index is 12.9. The van der Waals surface area contributed by atoms with Gasteiger partial charge in [0.05, 0.1) is 28.6 Å². The lowest BCUT2D eigenvalue weighted by Crippen LogP contribution is -2.19. The lowest BCUT2D eigenvalue weighted by Gasteiger charge is -2.08. The second-order valence-electron chi connectivity index (χ2n) is 5.84. The molecule has 0 bridgehead atoms. The second kappa shape index (κ2) is 6.58. The Morgan fingerprint density at radius 3 is 2.64 bits per heavy atom. The summed E-state index contributed by atoms with van der Waals surface area (Å²) in [4.78, 5) is 39.4. The van der Waals surface area contributed by atoms with E-state index in [4.69, 9.17) is 4.74 Å². The monoisotopic (exact) mass is 379 g/mol. The fourth-order valence-corrected chi connectivity index (χ4v) is 2.91. The molecule has 0 radical (unpaired) electrons. The number of nitrogens with zero attached hydrogens (tertiary/aromatic N) is 5. The van der Waals surface area contributed by atoms with Gasteiger partial charge in [0.1, 0.15) is 5.56 Å². The molecule has 140 valence electrons. The first kappa shape index (κ1) is 17.3. The van der Waals surface area contributed by atoms with E-state index in [1.54, 1.807) is 13.0 Å². The van der Waals surface area contributed by atoms with Crippen LogP contribution in [0.5, 0.6) is 0 Å². The first-order valence-corrected chi connectivity index (χ1v) is 8.31. The average molecular weight is 379 g/mol. The molecule has 10 heteroatoms. The van der Waals surface area contributed by atoms with Gasteiger partial charge in [0.15, 0.2) is 5.65 Å². The molecule has 0 spiro atoms. The molecule has 10 nitrogen and oxygen atoms in total. The quantitative estimate of drug-likeness (QED) is 0.302. The fourth-order valence-electron chi connectivity index (χ4n) is 2.91. The molecule has 0 atom stereocenters. The Labute approximate surface area is 156 Å². The van der Waals surface area contributed by atoms with Crippen LogP contribution in [0.15, 0.2) is 53.7 Å². The molecule has 0 N–H and O–H groups in total. The van der Waals surface area contributed by atoms with Crippen LogP contribution in [0.3, 0.4) is 0 Å². The highest BCUT2D eigenvalue weighted by atomic mass is 16.6. The summed E-state index contributed by atoms with van der Waals surface area (Å²) in [6.07, 6.45) is 4.26. The number of pyridine rings is 1. The zero-order chi connectivity index (χ0) is 19.8. The largest absolute Gasteiger partial charge is 0.462 e. The van der Waals surface area contributed by atoms with Crippen molar-refractivity contribution in [1.82, 2.24) is 19.2 Å². The van der Waals surface area contributed by atoms with Crippen molar-refractivity contribution in [3.05, 3.63) is 75.0 Å². The van der Waals surface area contributed by atoms with E-state index < -0.39 is 10.9 Å². The zero-order valence-corrected chi connectivity index (χ0v) is 14.6. The molecule has 28 heavy (non-hydrogen) atoms. The lowest BCUT2D eigenvalue weighted by atomic mass is 10.2. The summed E-state index contributed by atoms with van der Waals surface area (Å²) in [5, 5.41) is 15.2. The number of rotatable bonds is 4. The summed E-state index contributed by atoms with van der Waals surface area (Å²) in [7, 11) is 0. The predicted octanol–water partition coefficient (Wildman–Crippen LogP) is 2.12. The number of hydrogen-bond acceptors (Lipinski definition) is 7. The fraction of sp³-hybridized carbons (Fsp3) is 0.111. The number of carbonyl (C=O) groups excluding carboxylic acids is 1. The summed E-state index contributed by atoms with van der Waals surface area (Å²) in [5.41, 5.74) is 1.02. The molecule has 0 amide bonds. The maximum atomic E-state index is 12.9. The number of carbonyl (C=O) groups is 1. The molecule has 0 saturated heterocycles. The molecular weight excluding hydrogens is 366 g/mol. The van der Waals surface area contributed by atoms with Crippen LogP contribution in [0.4, 0.5) is 5.69 Å². The van der Waals surface area contributed by atoms with Gasteiger partial charge in [-0.25, -0.2) is 14.3 Å². The van der Waals surface area contributed by atoms with Gasteiger partial charge < -0.3 is 4.74 Å². The number of nitro groups is 1. The van der Waals surface area contributed by atoms with Gasteiger partial charge in [-0.05, 0) is 25.1 Å². The topological polar surface area (TPSA) is 122 Å². The molecule has 4 aromatic rings. The van der Waals surface area contributed by atoms with E-state index >= 15 is 0 Å². The standard InChI is InChI=1S/C18H13N5O5/c1-2-28-18(25)14-10-20-22-15-7-8-21(17(24)13(15)9-19-16(14)22)11-3-5-12(6-4-11)23(26)27/h3-10H,2H2,1H3. The molecule has 4 rings (SSSR count). The number of aromatic nitrogens is 4. The predicted molar refractivity (Wildman–Crippen MR) is 98.7 cm³/mol. The second-order valence-corrected chi connectivity index (χ2v) is 5.84. The minimum atomic E-state index is -0.538. The average Bonchev–Trinajstić information content (AvgIpc) is 3.13. The van der Waals surface area contributed by atoms with E-state index in [-0.39, 0.29) is 28.8 Å². The van der Waals surface area contributed by atoms with Crippen LogP contribution in [0.25, 0.3) is 22.2 Å². The van der Waals surface area contributed by atoms with Crippen molar-refractivity contribution in [3.63, 3.8) is 0 Å². The zero-order valence-electron chi connectivity index (χ0n) is 14.6. The molecule has 0 aliphatic rings. The highest BCUT2D eigenvalue weighted by Gasteiger charge is 2.18. The summed E-state index contributed by atoms with van der Waals surface area (Å²) < 4.78 is 7.75. The van der Waals surface area contributed by atoms with E-state index in [0.717, 1.165) is 0 Å². The first-order chi connectivity index (χ1) is 13.5. The molecule has 0 fully saturated rings. The Bertz CT molecular complexity index is 1290. The Kier molecular flexibility index (Phi) is 4.07. The molecular formula is C18H13N5O5. The summed E-state index contributed by atoms with van der Waals surface area (Å²) in [6.45, 7) is 1.93. The smallest absolute Gasteiger partial charge is 0.343 e. The highest BCUT2D eigenvalue weighted by molar-refractivity contribution is 5.96. The number of nitro benzene ring substituents is 1. The number of hydrogen-bond donors (Lipinski definition) is 0. The van der Waals surface area contributed by atoms with Crippen LogP contribution in [0.2, 0.25) is 0 Å². The number of benzene rings is 1. The van der Waals surface area contributed by atoms with Crippen molar-refractivity contribution in [2.45, 2.75) is 6.92 Å². The summed E-state index contributed by atoms with van der Waals surface area (Å²) >= 11 is 0. The molecule has 0 aliphatic heterocycles. The van der Waals surface area contributed by atoms with Gasteiger partial charge in [0, 0.05) is 30.2 Å². The minimum Gasteiger partial charge on any atom is -0.462 e. The van der Waals surface area contributed by atoms with Gasteiger partial charge in [-0.15, -0.1) is 0 Å².